The Kier molecular flexibility index (Phi) is 5.27. The van der Waals surface area contributed by atoms with E-state index in [0.717, 1.165) is 49.9 Å². The molecule has 1 aliphatic rings. The van der Waals surface area contributed by atoms with E-state index < -0.39 is 0 Å². The minimum Gasteiger partial charge on any atom is -0.361 e. The predicted molar refractivity (Wildman–Crippen MR) is 92.6 cm³/mol. The van der Waals surface area contributed by atoms with Crippen molar-refractivity contribution in [1.82, 2.24) is 15.0 Å². The van der Waals surface area contributed by atoms with Gasteiger partial charge in [0.25, 0.3) is 0 Å². The van der Waals surface area contributed by atoms with Crippen molar-refractivity contribution < 1.29 is 9.32 Å². The summed E-state index contributed by atoms with van der Waals surface area (Å²) in [6.45, 7) is 8.27. The molecule has 1 saturated heterocycles. The maximum Gasteiger partial charge on any atom is 0.241 e. The van der Waals surface area contributed by atoms with Crippen molar-refractivity contribution in [3.05, 3.63) is 47.9 Å². The first-order chi connectivity index (χ1) is 11.6. The second kappa shape index (κ2) is 7.59. The van der Waals surface area contributed by atoms with E-state index in [1.165, 1.54) is 0 Å². The molecule has 128 valence electrons. The van der Waals surface area contributed by atoms with E-state index in [4.69, 9.17) is 4.52 Å². The van der Waals surface area contributed by atoms with Gasteiger partial charge in [-0.25, -0.2) is 0 Å². The van der Waals surface area contributed by atoms with Crippen LogP contribution in [-0.4, -0.2) is 53.1 Å². The molecule has 0 aliphatic carbocycles. The second-order valence-electron chi connectivity index (χ2n) is 6.27. The minimum absolute atomic E-state index is 0.0433. The monoisotopic (exact) mass is 328 g/mol. The van der Waals surface area contributed by atoms with Gasteiger partial charge >= 0.3 is 0 Å². The molecule has 3 rings (SSSR count). The SMILES string of the molecule is Cc1cc(CN2CCN([C@@H](C)C(=O)Nc3ccccc3)CC2)no1. The molecule has 1 atom stereocenters. The number of carbonyl (C=O) groups is 1. The Morgan fingerprint density at radius 2 is 1.96 bits per heavy atom. The van der Waals surface area contributed by atoms with E-state index in [9.17, 15) is 4.79 Å². The molecule has 2 aromatic rings. The molecule has 1 amide bonds. The highest BCUT2D eigenvalue weighted by atomic mass is 16.5. The molecule has 1 aliphatic heterocycles. The zero-order chi connectivity index (χ0) is 16.9. The van der Waals surface area contributed by atoms with Crippen LogP contribution in [0.2, 0.25) is 0 Å². The molecule has 1 N–H and O–H groups in total. The number of hydrogen-bond acceptors (Lipinski definition) is 5. The lowest BCUT2D eigenvalue weighted by Gasteiger charge is -2.37. The third kappa shape index (κ3) is 4.21. The summed E-state index contributed by atoms with van der Waals surface area (Å²) in [4.78, 5) is 17.0. The number of amides is 1. The first-order valence-electron chi connectivity index (χ1n) is 8.36. The lowest BCUT2D eigenvalue weighted by atomic mass is 10.2. The Labute approximate surface area is 142 Å². The fraction of sp³-hybridized carbons (Fsp3) is 0.444. The number of para-hydroxylation sites is 1. The van der Waals surface area contributed by atoms with Gasteiger partial charge in [-0.2, -0.15) is 0 Å². The van der Waals surface area contributed by atoms with Crippen LogP contribution in [0.1, 0.15) is 18.4 Å². The van der Waals surface area contributed by atoms with Crippen molar-refractivity contribution in [2.75, 3.05) is 31.5 Å². The Balaban J connectivity index is 1.47. The van der Waals surface area contributed by atoms with Gasteiger partial charge in [0.1, 0.15) is 5.76 Å². The summed E-state index contributed by atoms with van der Waals surface area (Å²) in [5, 5.41) is 7.02. The highest BCUT2D eigenvalue weighted by Gasteiger charge is 2.25. The molecule has 0 bridgehead atoms. The van der Waals surface area contributed by atoms with Crippen LogP contribution in [0.5, 0.6) is 0 Å². The van der Waals surface area contributed by atoms with Crippen LogP contribution in [0.3, 0.4) is 0 Å². The summed E-state index contributed by atoms with van der Waals surface area (Å²) in [6, 6.07) is 11.4. The molecule has 0 radical (unpaired) electrons. The summed E-state index contributed by atoms with van der Waals surface area (Å²) in [5.74, 6) is 0.886. The molecule has 6 heteroatoms. The molecule has 0 saturated carbocycles. The summed E-state index contributed by atoms with van der Waals surface area (Å²) in [6.07, 6.45) is 0. The van der Waals surface area contributed by atoms with Gasteiger partial charge in [-0.3, -0.25) is 14.6 Å². The van der Waals surface area contributed by atoms with Crippen LogP contribution in [0.25, 0.3) is 0 Å². The standard InChI is InChI=1S/C18H24N4O2/c1-14-12-17(20-24-14)13-21-8-10-22(11-9-21)15(2)18(23)19-16-6-4-3-5-7-16/h3-7,12,15H,8-11,13H2,1-2H3,(H,19,23)/t15-/m0/s1. The van der Waals surface area contributed by atoms with Gasteiger partial charge in [-0.05, 0) is 26.0 Å². The first kappa shape index (κ1) is 16.7. The number of aromatic nitrogens is 1. The molecular formula is C18H24N4O2. The lowest BCUT2D eigenvalue weighted by Crippen LogP contribution is -2.52. The van der Waals surface area contributed by atoms with Crippen LogP contribution in [0.15, 0.2) is 40.9 Å². The number of anilines is 1. The average molecular weight is 328 g/mol. The molecular weight excluding hydrogens is 304 g/mol. The third-order valence-corrected chi connectivity index (χ3v) is 4.44. The van der Waals surface area contributed by atoms with Crippen molar-refractivity contribution in [3.8, 4) is 0 Å². The molecule has 1 fully saturated rings. The Morgan fingerprint density at radius 3 is 2.58 bits per heavy atom. The molecule has 2 heterocycles. The fourth-order valence-corrected chi connectivity index (χ4v) is 2.96. The van der Waals surface area contributed by atoms with Gasteiger partial charge in [0.05, 0.1) is 11.7 Å². The second-order valence-corrected chi connectivity index (χ2v) is 6.27. The van der Waals surface area contributed by atoms with E-state index in [-0.39, 0.29) is 11.9 Å². The fourth-order valence-electron chi connectivity index (χ4n) is 2.96. The van der Waals surface area contributed by atoms with Crippen LogP contribution < -0.4 is 5.32 Å². The maximum atomic E-state index is 12.4. The first-order valence-corrected chi connectivity index (χ1v) is 8.36. The van der Waals surface area contributed by atoms with Gasteiger partial charge in [-0.1, -0.05) is 23.4 Å². The van der Waals surface area contributed by atoms with Crippen molar-refractivity contribution in [2.45, 2.75) is 26.4 Å². The quantitative estimate of drug-likeness (QED) is 0.911. The molecule has 0 spiro atoms. The predicted octanol–water partition coefficient (Wildman–Crippen LogP) is 2.13. The van der Waals surface area contributed by atoms with E-state index in [1.807, 2.05) is 50.2 Å². The number of benzene rings is 1. The van der Waals surface area contributed by atoms with Gasteiger partial charge in [0.2, 0.25) is 5.91 Å². The summed E-state index contributed by atoms with van der Waals surface area (Å²) in [7, 11) is 0. The number of nitrogens with one attached hydrogen (secondary N) is 1. The van der Waals surface area contributed by atoms with Crippen LogP contribution >= 0.6 is 0 Å². The Bertz CT molecular complexity index is 663. The number of hydrogen-bond donors (Lipinski definition) is 1. The largest absolute Gasteiger partial charge is 0.361 e. The molecule has 6 nitrogen and oxygen atoms in total. The van der Waals surface area contributed by atoms with Crippen molar-refractivity contribution in [3.63, 3.8) is 0 Å². The zero-order valence-corrected chi connectivity index (χ0v) is 14.2. The van der Waals surface area contributed by atoms with Crippen molar-refractivity contribution in [2.24, 2.45) is 0 Å². The highest BCUT2D eigenvalue weighted by molar-refractivity contribution is 5.94. The van der Waals surface area contributed by atoms with Crippen LogP contribution in [0.4, 0.5) is 5.69 Å². The molecule has 24 heavy (non-hydrogen) atoms. The molecule has 1 aromatic heterocycles. The van der Waals surface area contributed by atoms with Gasteiger partial charge in [0, 0.05) is 44.5 Å². The van der Waals surface area contributed by atoms with E-state index in [1.54, 1.807) is 0 Å². The minimum atomic E-state index is -0.137. The zero-order valence-electron chi connectivity index (χ0n) is 14.2. The van der Waals surface area contributed by atoms with Crippen molar-refractivity contribution >= 4 is 11.6 Å². The van der Waals surface area contributed by atoms with Gasteiger partial charge < -0.3 is 9.84 Å². The number of carbonyl (C=O) groups excluding carboxylic acids is 1. The smallest absolute Gasteiger partial charge is 0.241 e. The summed E-state index contributed by atoms with van der Waals surface area (Å²) >= 11 is 0. The van der Waals surface area contributed by atoms with Crippen molar-refractivity contribution in [1.29, 1.82) is 0 Å². The third-order valence-electron chi connectivity index (χ3n) is 4.44. The van der Waals surface area contributed by atoms with E-state index >= 15 is 0 Å². The number of rotatable bonds is 5. The summed E-state index contributed by atoms with van der Waals surface area (Å²) in [5.41, 5.74) is 1.81. The Hall–Kier alpha value is -2.18. The van der Waals surface area contributed by atoms with E-state index in [2.05, 4.69) is 20.3 Å². The van der Waals surface area contributed by atoms with Crippen LogP contribution in [-0.2, 0) is 11.3 Å². The Morgan fingerprint density at radius 1 is 1.25 bits per heavy atom. The normalized spacial score (nSPS) is 17.6. The van der Waals surface area contributed by atoms with Gasteiger partial charge in [0.15, 0.2) is 0 Å². The summed E-state index contributed by atoms with van der Waals surface area (Å²) < 4.78 is 5.11. The topological polar surface area (TPSA) is 61.6 Å². The number of nitrogens with zero attached hydrogens (tertiary/aromatic N) is 3. The number of aryl methyl sites for hydroxylation is 1. The van der Waals surface area contributed by atoms with E-state index in [0.29, 0.717) is 0 Å². The number of piperazine rings is 1. The lowest BCUT2D eigenvalue weighted by molar-refractivity contribution is -0.121. The average Bonchev–Trinajstić information content (AvgIpc) is 3.00. The highest BCUT2D eigenvalue weighted by Crippen LogP contribution is 2.13. The van der Waals surface area contributed by atoms with Gasteiger partial charge in [-0.15, -0.1) is 0 Å². The van der Waals surface area contributed by atoms with Crippen LogP contribution in [0, 0.1) is 6.92 Å². The molecule has 1 aromatic carbocycles. The maximum absolute atomic E-state index is 12.4. The molecule has 0 unspecified atom stereocenters.